The lowest BCUT2D eigenvalue weighted by Crippen LogP contribution is -2.34. The fraction of sp³-hybridized carbons (Fsp3) is 0.370. The van der Waals surface area contributed by atoms with Gasteiger partial charge in [0.05, 0.1) is 16.8 Å². The van der Waals surface area contributed by atoms with Crippen LogP contribution in [0.5, 0.6) is 0 Å². The number of pyridine rings is 1. The van der Waals surface area contributed by atoms with Crippen LogP contribution in [-0.4, -0.2) is 45.6 Å². The van der Waals surface area contributed by atoms with E-state index in [-0.39, 0.29) is 18.2 Å². The Kier molecular flexibility index (Phi) is 9.59. The number of thiazole rings is 1. The van der Waals surface area contributed by atoms with Gasteiger partial charge in [-0.1, -0.05) is 35.5 Å². The Labute approximate surface area is 235 Å². The lowest BCUT2D eigenvalue weighted by atomic mass is 9.84. The number of halogens is 1. The number of nitriles is 2. The molecule has 0 spiro atoms. The van der Waals surface area contributed by atoms with Gasteiger partial charge in [0.2, 0.25) is 0 Å². The Hall–Kier alpha value is -3.15. The molecule has 1 aliphatic rings. The Balaban J connectivity index is 1.47. The van der Waals surface area contributed by atoms with E-state index < -0.39 is 5.97 Å². The van der Waals surface area contributed by atoms with Gasteiger partial charge in [0.15, 0.2) is 0 Å². The van der Waals surface area contributed by atoms with Crippen LogP contribution in [-0.2, 0) is 10.5 Å². The third-order valence-electron chi connectivity index (χ3n) is 6.56. The minimum atomic E-state index is -0.766. The van der Waals surface area contributed by atoms with Gasteiger partial charge in [-0.25, -0.2) is 9.97 Å². The number of piperidine rings is 1. The molecule has 1 fully saturated rings. The van der Waals surface area contributed by atoms with E-state index in [0.29, 0.717) is 38.9 Å². The molecule has 8 nitrogen and oxygen atoms in total. The van der Waals surface area contributed by atoms with E-state index >= 15 is 0 Å². The second-order valence-electron chi connectivity index (χ2n) is 9.10. The number of unbranched alkanes of at least 4 members (excludes halogenated alkanes) is 1. The maximum atomic E-state index is 10.7. The molecule has 11 heteroatoms. The number of thioether (sulfide) groups is 1. The predicted octanol–water partition coefficient (Wildman–Crippen LogP) is 5.91. The molecule has 1 aromatic carbocycles. The normalized spacial score (nSPS) is 14.2. The molecule has 0 radical (unpaired) electrons. The van der Waals surface area contributed by atoms with Crippen LogP contribution in [0.3, 0.4) is 0 Å². The van der Waals surface area contributed by atoms with E-state index in [9.17, 15) is 15.3 Å². The molecule has 0 atom stereocenters. The van der Waals surface area contributed by atoms with E-state index in [2.05, 4.69) is 22.0 Å². The van der Waals surface area contributed by atoms with Crippen LogP contribution in [0.15, 0.2) is 34.7 Å². The van der Waals surface area contributed by atoms with Crippen LogP contribution in [0.1, 0.15) is 60.4 Å². The molecule has 1 aliphatic heterocycles. The first-order chi connectivity index (χ1) is 18.4. The van der Waals surface area contributed by atoms with Crippen LogP contribution in [0, 0.1) is 22.7 Å². The van der Waals surface area contributed by atoms with E-state index in [1.165, 1.54) is 11.8 Å². The highest BCUT2D eigenvalue weighted by Crippen LogP contribution is 2.39. The van der Waals surface area contributed by atoms with Crippen molar-refractivity contribution in [1.29, 1.82) is 10.5 Å². The highest BCUT2D eigenvalue weighted by Gasteiger charge is 2.29. The Morgan fingerprint density at radius 3 is 2.53 bits per heavy atom. The molecule has 196 valence electrons. The molecular formula is C27H27ClN6O2S2. The van der Waals surface area contributed by atoms with Gasteiger partial charge in [0.25, 0.3) is 0 Å². The number of nitrogens with zero attached hydrogens (tertiary/aromatic N) is 5. The molecule has 3 aromatic rings. The monoisotopic (exact) mass is 566 g/mol. The number of aromatic nitrogens is 2. The zero-order valence-electron chi connectivity index (χ0n) is 20.7. The fourth-order valence-corrected chi connectivity index (χ4v) is 6.59. The molecule has 0 amide bonds. The van der Waals surface area contributed by atoms with Crippen LogP contribution < -0.4 is 5.73 Å². The van der Waals surface area contributed by atoms with Crippen molar-refractivity contribution in [3.05, 3.63) is 57.1 Å². The second kappa shape index (κ2) is 13.1. The van der Waals surface area contributed by atoms with Gasteiger partial charge in [-0.15, -0.1) is 11.3 Å². The van der Waals surface area contributed by atoms with Crippen LogP contribution in [0.4, 0.5) is 5.82 Å². The third kappa shape index (κ3) is 6.83. The van der Waals surface area contributed by atoms with Crippen molar-refractivity contribution in [2.75, 3.05) is 25.4 Å². The quantitative estimate of drug-likeness (QED) is 0.226. The minimum Gasteiger partial charge on any atom is -0.481 e. The Bertz CT molecular complexity index is 1370. The Morgan fingerprint density at radius 1 is 1.16 bits per heavy atom. The average molecular weight is 567 g/mol. The van der Waals surface area contributed by atoms with Gasteiger partial charge in [-0.05, 0) is 68.9 Å². The van der Waals surface area contributed by atoms with Crippen LogP contribution in [0.25, 0.3) is 10.6 Å². The summed E-state index contributed by atoms with van der Waals surface area (Å²) in [7, 11) is 0. The summed E-state index contributed by atoms with van der Waals surface area (Å²) < 4.78 is 0. The molecule has 4 rings (SSSR count). The highest BCUT2D eigenvalue weighted by molar-refractivity contribution is 7.98. The number of rotatable bonds is 10. The van der Waals surface area contributed by atoms with Crippen molar-refractivity contribution in [2.24, 2.45) is 0 Å². The number of nitrogen functional groups attached to an aromatic ring is 1. The Morgan fingerprint density at radius 2 is 1.87 bits per heavy atom. The first-order valence-electron chi connectivity index (χ1n) is 12.3. The second-order valence-corrected chi connectivity index (χ2v) is 11.4. The van der Waals surface area contributed by atoms with Gasteiger partial charge in [-0.3, -0.25) is 4.79 Å². The molecule has 1 saturated heterocycles. The number of nitrogens with two attached hydrogens (primary N) is 1. The largest absolute Gasteiger partial charge is 0.481 e. The summed E-state index contributed by atoms with van der Waals surface area (Å²) in [5, 5.41) is 32.9. The topological polar surface area (TPSA) is 140 Å². The number of likely N-dealkylation sites (tertiary alicyclic amines) is 1. The zero-order chi connectivity index (χ0) is 27.1. The smallest absolute Gasteiger partial charge is 0.303 e. The molecule has 0 bridgehead atoms. The van der Waals surface area contributed by atoms with E-state index in [1.807, 2.05) is 29.6 Å². The molecule has 3 N–H and O–H groups in total. The molecular weight excluding hydrogens is 540 g/mol. The third-order valence-corrected chi connectivity index (χ3v) is 8.77. The average Bonchev–Trinajstić information content (AvgIpc) is 3.39. The van der Waals surface area contributed by atoms with Gasteiger partial charge >= 0.3 is 5.97 Å². The van der Waals surface area contributed by atoms with E-state index in [1.54, 1.807) is 11.3 Å². The number of hydrogen-bond acceptors (Lipinski definition) is 9. The van der Waals surface area contributed by atoms with Gasteiger partial charge in [-0.2, -0.15) is 10.5 Å². The molecule has 0 aliphatic carbocycles. The van der Waals surface area contributed by atoms with Crippen LogP contribution in [0.2, 0.25) is 5.02 Å². The number of carboxylic acids is 1. The minimum absolute atomic E-state index is 0.0370. The molecule has 0 unspecified atom stereocenters. The number of carbonyl (C=O) groups is 1. The number of anilines is 1. The number of hydrogen-bond donors (Lipinski definition) is 2. The number of carboxylic acid groups (broad SMARTS) is 1. The maximum absolute atomic E-state index is 10.7. The summed E-state index contributed by atoms with van der Waals surface area (Å²) in [5.74, 6) is -0.0570. The zero-order valence-corrected chi connectivity index (χ0v) is 23.1. The SMILES string of the molecule is N#Cc1c(N)nc(SCc2csc(-c3ccc(Cl)cc3)n2)c(C#N)c1C1CCN(CCCCC(=O)O)CC1. The van der Waals surface area contributed by atoms with Gasteiger partial charge in [0, 0.05) is 28.1 Å². The van der Waals surface area contributed by atoms with Crippen molar-refractivity contribution in [2.45, 2.75) is 48.8 Å². The van der Waals surface area contributed by atoms with Crippen LogP contribution >= 0.6 is 34.7 Å². The highest BCUT2D eigenvalue weighted by atomic mass is 35.5. The number of benzene rings is 1. The fourth-order valence-electron chi connectivity index (χ4n) is 4.64. The maximum Gasteiger partial charge on any atom is 0.303 e. The number of aliphatic carboxylic acids is 1. The van der Waals surface area contributed by atoms with Crippen molar-refractivity contribution in [3.63, 3.8) is 0 Å². The first kappa shape index (κ1) is 27.9. The summed E-state index contributed by atoms with van der Waals surface area (Å²) >= 11 is 8.94. The molecule has 2 aromatic heterocycles. The predicted molar refractivity (Wildman–Crippen MR) is 150 cm³/mol. The van der Waals surface area contributed by atoms with Crippen molar-refractivity contribution < 1.29 is 9.90 Å². The first-order valence-corrected chi connectivity index (χ1v) is 14.5. The summed E-state index contributed by atoms with van der Waals surface area (Å²) in [5.41, 5.74) is 9.50. The molecule has 0 saturated carbocycles. The lowest BCUT2D eigenvalue weighted by Gasteiger charge is -2.33. The van der Waals surface area contributed by atoms with Crippen molar-refractivity contribution >= 4 is 46.5 Å². The van der Waals surface area contributed by atoms with Gasteiger partial charge in [0.1, 0.15) is 28.0 Å². The summed E-state index contributed by atoms with van der Waals surface area (Å²) in [6, 6.07) is 12.0. The van der Waals surface area contributed by atoms with Crippen molar-refractivity contribution in [1.82, 2.24) is 14.9 Å². The summed E-state index contributed by atoms with van der Waals surface area (Å²) in [4.78, 5) is 22.2. The van der Waals surface area contributed by atoms with E-state index in [0.717, 1.165) is 55.2 Å². The van der Waals surface area contributed by atoms with Gasteiger partial charge < -0.3 is 15.7 Å². The van der Waals surface area contributed by atoms with Crippen molar-refractivity contribution in [3.8, 4) is 22.7 Å². The lowest BCUT2D eigenvalue weighted by molar-refractivity contribution is -0.137. The molecule has 3 heterocycles. The summed E-state index contributed by atoms with van der Waals surface area (Å²) in [6.45, 7) is 2.50. The molecule has 38 heavy (non-hydrogen) atoms. The summed E-state index contributed by atoms with van der Waals surface area (Å²) in [6.07, 6.45) is 3.28. The standard InChI is InChI=1S/C27H27ClN6O2S2/c28-19-6-4-18(5-7-19)26-32-20(15-37-26)16-38-27-22(14-30)24(21(13-29)25(31)33-27)17-8-11-34(12-9-17)10-2-1-3-23(35)36/h4-7,15,17H,1-3,8-12,16H2,(H2,31,33)(H,35,36). The van der Waals surface area contributed by atoms with E-state index in [4.69, 9.17) is 27.4 Å².